The van der Waals surface area contributed by atoms with Crippen molar-refractivity contribution in [1.29, 1.82) is 0 Å². The minimum Gasteiger partial charge on any atom is -0.453 e. The molecule has 4 heteroatoms. The Morgan fingerprint density at radius 3 is 2.31 bits per heavy atom. The Bertz CT molecular complexity index is 191. The summed E-state index contributed by atoms with van der Waals surface area (Å²) < 4.78 is 4.42. The maximum atomic E-state index is 11.1. The molecule has 0 aliphatic rings. The molecule has 2 atom stereocenters. The zero-order valence-electron chi connectivity index (χ0n) is 8.59. The van der Waals surface area contributed by atoms with E-state index < -0.39 is 12.1 Å². The molecule has 0 aliphatic heterocycles. The van der Waals surface area contributed by atoms with Gasteiger partial charge in [-0.05, 0) is 12.8 Å². The summed E-state index contributed by atoms with van der Waals surface area (Å²) in [5.41, 5.74) is 0. The van der Waals surface area contributed by atoms with Gasteiger partial charge >= 0.3 is 6.09 Å². The van der Waals surface area contributed by atoms with Crippen LogP contribution in [-0.2, 0) is 9.53 Å². The van der Waals surface area contributed by atoms with E-state index in [-0.39, 0.29) is 11.7 Å². The summed E-state index contributed by atoms with van der Waals surface area (Å²) in [6.45, 7) is 5.36. The normalized spacial score (nSPS) is 14.5. The predicted molar refractivity (Wildman–Crippen MR) is 49.5 cm³/mol. The van der Waals surface area contributed by atoms with E-state index in [0.717, 1.165) is 6.42 Å². The summed E-state index contributed by atoms with van der Waals surface area (Å²) in [6.07, 6.45) is 0.286. The number of amides is 1. The lowest BCUT2D eigenvalue weighted by atomic mass is 9.96. The molecule has 0 aromatic rings. The van der Waals surface area contributed by atoms with Gasteiger partial charge in [0.1, 0.15) is 0 Å². The van der Waals surface area contributed by atoms with E-state index >= 15 is 0 Å². The summed E-state index contributed by atoms with van der Waals surface area (Å²) in [7, 11) is 1.28. The number of methoxy groups -OCH3 is 1. The molecular weight excluding hydrogens is 170 g/mol. The number of hydrogen-bond acceptors (Lipinski definition) is 3. The molecule has 0 aliphatic carbocycles. The fourth-order valence-electron chi connectivity index (χ4n) is 1.07. The van der Waals surface area contributed by atoms with Crippen molar-refractivity contribution in [3.8, 4) is 0 Å². The molecule has 0 radical (unpaired) electrons. The van der Waals surface area contributed by atoms with Crippen molar-refractivity contribution < 1.29 is 14.3 Å². The smallest absolute Gasteiger partial charge is 0.407 e. The quantitative estimate of drug-likeness (QED) is 0.722. The molecule has 0 spiro atoms. The van der Waals surface area contributed by atoms with Crippen LogP contribution in [0.5, 0.6) is 0 Å². The molecule has 13 heavy (non-hydrogen) atoms. The highest BCUT2D eigenvalue weighted by atomic mass is 16.5. The first kappa shape index (κ1) is 11.9. The summed E-state index contributed by atoms with van der Waals surface area (Å²) in [4.78, 5) is 22.0. The molecular formula is C9H17NO3. The van der Waals surface area contributed by atoms with Crippen LogP contribution < -0.4 is 5.32 Å². The van der Waals surface area contributed by atoms with Crippen molar-refractivity contribution >= 4 is 11.9 Å². The second-order valence-corrected chi connectivity index (χ2v) is 3.11. The second-order valence-electron chi connectivity index (χ2n) is 3.11. The van der Waals surface area contributed by atoms with Gasteiger partial charge in [0, 0.05) is 0 Å². The average molecular weight is 187 g/mol. The van der Waals surface area contributed by atoms with Gasteiger partial charge in [-0.3, -0.25) is 4.79 Å². The lowest BCUT2D eigenvalue weighted by Gasteiger charge is -2.20. The molecule has 0 rings (SSSR count). The zero-order valence-corrected chi connectivity index (χ0v) is 8.59. The maximum Gasteiger partial charge on any atom is 0.407 e. The van der Waals surface area contributed by atoms with Gasteiger partial charge < -0.3 is 10.1 Å². The Balaban J connectivity index is 4.26. The Kier molecular flexibility index (Phi) is 5.11. The Hall–Kier alpha value is -1.06. The number of hydrogen-bond donors (Lipinski definition) is 1. The molecule has 1 amide bonds. The topological polar surface area (TPSA) is 55.4 Å². The van der Waals surface area contributed by atoms with E-state index in [1.54, 1.807) is 0 Å². The van der Waals surface area contributed by atoms with E-state index in [1.807, 2.05) is 13.8 Å². The number of carbonyl (C=O) groups is 2. The Morgan fingerprint density at radius 1 is 1.46 bits per heavy atom. The summed E-state index contributed by atoms with van der Waals surface area (Å²) in [6, 6.07) is -0.433. The van der Waals surface area contributed by atoms with Crippen molar-refractivity contribution in [2.24, 2.45) is 5.92 Å². The SMILES string of the molecule is CC[C@@H](C)[C@H](NC(=O)OC)C(C)=O. The van der Waals surface area contributed by atoms with E-state index in [2.05, 4.69) is 10.1 Å². The fraction of sp³-hybridized carbons (Fsp3) is 0.778. The van der Waals surface area contributed by atoms with E-state index in [9.17, 15) is 9.59 Å². The summed E-state index contributed by atoms with van der Waals surface area (Å²) in [5.74, 6) is 0.0938. The Morgan fingerprint density at radius 2 is 2.00 bits per heavy atom. The van der Waals surface area contributed by atoms with Crippen molar-refractivity contribution in [3.63, 3.8) is 0 Å². The monoisotopic (exact) mass is 187 g/mol. The molecule has 0 aromatic carbocycles. The lowest BCUT2D eigenvalue weighted by molar-refractivity contribution is -0.120. The number of carbonyl (C=O) groups excluding carboxylic acids is 2. The highest BCUT2D eigenvalue weighted by Crippen LogP contribution is 2.08. The third-order valence-electron chi connectivity index (χ3n) is 2.11. The molecule has 4 nitrogen and oxygen atoms in total. The number of rotatable bonds is 4. The third-order valence-corrected chi connectivity index (χ3v) is 2.11. The van der Waals surface area contributed by atoms with Gasteiger partial charge in [0.25, 0.3) is 0 Å². The molecule has 0 heterocycles. The molecule has 0 unspecified atom stereocenters. The zero-order chi connectivity index (χ0) is 10.4. The molecule has 0 aromatic heterocycles. The fourth-order valence-corrected chi connectivity index (χ4v) is 1.07. The second kappa shape index (κ2) is 5.56. The lowest BCUT2D eigenvalue weighted by Crippen LogP contribution is -2.43. The van der Waals surface area contributed by atoms with Gasteiger partial charge in [-0.2, -0.15) is 0 Å². The van der Waals surface area contributed by atoms with Crippen LogP contribution in [0.1, 0.15) is 27.2 Å². The first-order chi connectivity index (χ1) is 6.02. The molecule has 1 N–H and O–H groups in total. The summed E-state index contributed by atoms with van der Waals surface area (Å²) in [5, 5.41) is 2.51. The highest BCUT2D eigenvalue weighted by Gasteiger charge is 2.22. The predicted octanol–water partition coefficient (Wildman–Crippen LogP) is 1.35. The van der Waals surface area contributed by atoms with Crippen LogP contribution in [-0.4, -0.2) is 25.0 Å². The van der Waals surface area contributed by atoms with Crippen molar-refractivity contribution in [2.75, 3.05) is 7.11 Å². The van der Waals surface area contributed by atoms with Gasteiger partial charge in [0.2, 0.25) is 0 Å². The molecule has 0 saturated heterocycles. The number of ether oxygens (including phenoxy) is 1. The molecule has 0 saturated carbocycles. The number of alkyl carbamates (subject to hydrolysis) is 1. The van der Waals surface area contributed by atoms with Crippen LogP contribution in [0.3, 0.4) is 0 Å². The maximum absolute atomic E-state index is 11.1. The van der Waals surface area contributed by atoms with Crippen LogP contribution in [0.4, 0.5) is 4.79 Å². The van der Waals surface area contributed by atoms with Crippen molar-refractivity contribution in [3.05, 3.63) is 0 Å². The van der Waals surface area contributed by atoms with Crippen LogP contribution >= 0.6 is 0 Å². The summed E-state index contributed by atoms with van der Waals surface area (Å²) >= 11 is 0. The van der Waals surface area contributed by atoms with Crippen LogP contribution in [0.2, 0.25) is 0 Å². The minimum absolute atomic E-state index is 0.0419. The van der Waals surface area contributed by atoms with E-state index in [1.165, 1.54) is 14.0 Å². The number of Topliss-reactive ketones (excluding diaryl/α,β-unsaturated/α-hetero) is 1. The van der Waals surface area contributed by atoms with E-state index in [0.29, 0.717) is 0 Å². The van der Waals surface area contributed by atoms with Crippen LogP contribution in [0.15, 0.2) is 0 Å². The van der Waals surface area contributed by atoms with Crippen molar-refractivity contribution in [1.82, 2.24) is 5.32 Å². The van der Waals surface area contributed by atoms with Gasteiger partial charge in [0.15, 0.2) is 5.78 Å². The first-order valence-corrected chi connectivity index (χ1v) is 4.37. The van der Waals surface area contributed by atoms with Gasteiger partial charge in [-0.25, -0.2) is 4.79 Å². The average Bonchev–Trinajstić information content (AvgIpc) is 2.11. The van der Waals surface area contributed by atoms with Crippen molar-refractivity contribution in [2.45, 2.75) is 33.2 Å². The standard InChI is InChI=1S/C9H17NO3/c1-5-6(2)8(7(3)11)10-9(12)13-4/h6,8H,5H2,1-4H3,(H,10,12)/t6-,8+/m1/s1. The molecule has 0 fully saturated rings. The number of nitrogens with one attached hydrogen (secondary N) is 1. The largest absolute Gasteiger partial charge is 0.453 e. The number of ketones is 1. The third kappa shape index (κ3) is 3.92. The van der Waals surface area contributed by atoms with Crippen LogP contribution in [0, 0.1) is 5.92 Å². The van der Waals surface area contributed by atoms with Gasteiger partial charge in [0.05, 0.1) is 13.2 Å². The first-order valence-electron chi connectivity index (χ1n) is 4.37. The van der Waals surface area contributed by atoms with Crippen LogP contribution in [0.25, 0.3) is 0 Å². The van der Waals surface area contributed by atoms with E-state index in [4.69, 9.17) is 0 Å². The minimum atomic E-state index is -0.555. The van der Waals surface area contributed by atoms with Gasteiger partial charge in [-0.15, -0.1) is 0 Å². The van der Waals surface area contributed by atoms with Gasteiger partial charge in [-0.1, -0.05) is 20.3 Å². The Labute approximate surface area is 78.6 Å². The highest BCUT2D eigenvalue weighted by molar-refractivity contribution is 5.85. The molecule has 0 bridgehead atoms. The molecule has 76 valence electrons.